The minimum Gasteiger partial charge on any atom is -0.315 e. The summed E-state index contributed by atoms with van der Waals surface area (Å²) in [7, 11) is 2.16. The lowest BCUT2D eigenvalue weighted by Crippen LogP contribution is -2.28. The van der Waals surface area contributed by atoms with E-state index in [9.17, 15) is 0 Å². The van der Waals surface area contributed by atoms with Gasteiger partial charge in [-0.1, -0.05) is 12.1 Å². The molecule has 0 atom stereocenters. The van der Waals surface area contributed by atoms with Crippen LogP contribution in [-0.4, -0.2) is 4.40 Å². The summed E-state index contributed by atoms with van der Waals surface area (Å²) in [5.41, 5.74) is 8.08. The van der Waals surface area contributed by atoms with Gasteiger partial charge in [0.05, 0.1) is 21.8 Å². The molecule has 0 aliphatic carbocycles. The van der Waals surface area contributed by atoms with Gasteiger partial charge in [-0.25, -0.2) is 4.57 Å². The van der Waals surface area contributed by atoms with Crippen LogP contribution in [0.4, 0.5) is 0 Å². The number of hydrogen-bond donors (Lipinski definition) is 0. The van der Waals surface area contributed by atoms with Gasteiger partial charge in [-0.3, -0.25) is 0 Å². The molecule has 112 valence electrons. The van der Waals surface area contributed by atoms with Crippen molar-refractivity contribution < 1.29 is 4.57 Å². The zero-order chi connectivity index (χ0) is 15.9. The van der Waals surface area contributed by atoms with E-state index in [0.717, 1.165) is 0 Å². The van der Waals surface area contributed by atoms with Gasteiger partial charge in [0.15, 0.2) is 6.20 Å². The lowest BCUT2D eigenvalue weighted by atomic mass is 9.96. The zero-order valence-corrected chi connectivity index (χ0v) is 13.9. The van der Waals surface area contributed by atoms with E-state index in [-0.39, 0.29) is 0 Å². The summed E-state index contributed by atoms with van der Waals surface area (Å²) in [6.45, 7) is 6.69. The van der Waals surface area contributed by atoms with Crippen molar-refractivity contribution in [3.8, 4) is 0 Å². The van der Waals surface area contributed by atoms with Crippen molar-refractivity contribution in [2.45, 2.75) is 20.8 Å². The molecule has 0 N–H and O–H groups in total. The van der Waals surface area contributed by atoms with Crippen LogP contribution in [0, 0.1) is 20.8 Å². The number of aryl methyl sites for hydroxylation is 4. The van der Waals surface area contributed by atoms with Crippen LogP contribution in [0.5, 0.6) is 0 Å². The molecule has 2 heteroatoms. The third-order valence-electron chi connectivity index (χ3n) is 5.45. The summed E-state index contributed by atoms with van der Waals surface area (Å²) in [6, 6.07) is 11.2. The van der Waals surface area contributed by atoms with Crippen LogP contribution in [0.1, 0.15) is 16.7 Å². The average Bonchev–Trinajstić information content (AvgIpc) is 2.86. The Morgan fingerprint density at radius 1 is 0.957 bits per heavy atom. The molecule has 2 nitrogen and oxygen atoms in total. The summed E-state index contributed by atoms with van der Waals surface area (Å²) in [5.74, 6) is 0. The third-order valence-corrected chi connectivity index (χ3v) is 5.45. The fourth-order valence-corrected chi connectivity index (χ4v) is 4.16. The van der Waals surface area contributed by atoms with E-state index in [4.69, 9.17) is 0 Å². The Balaban J connectivity index is 2.33. The number of nitrogens with zero attached hydrogens (tertiary/aromatic N) is 2. The van der Waals surface area contributed by atoms with Gasteiger partial charge in [-0.05, 0) is 55.0 Å². The van der Waals surface area contributed by atoms with Gasteiger partial charge in [0, 0.05) is 17.6 Å². The summed E-state index contributed by atoms with van der Waals surface area (Å²) >= 11 is 0. The molecule has 3 aromatic heterocycles. The molecule has 0 saturated carbocycles. The molecular formula is C21H19N2+. The smallest absolute Gasteiger partial charge is 0.224 e. The van der Waals surface area contributed by atoms with Crippen LogP contribution in [0.25, 0.3) is 38.1 Å². The fourth-order valence-electron chi connectivity index (χ4n) is 4.16. The van der Waals surface area contributed by atoms with Gasteiger partial charge >= 0.3 is 0 Å². The lowest BCUT2D eigenvalue weighted by molar-refractivity contribution is -0.643. The van der Waals surface area contributed by atoms with Crippen LogP contribution in [-0.2, 0) is 7.05 Å². The Labute approximate surface area is 134 Å². The average molecular weight is 299 g/mol. The molecule has 0 bridgehead atoms. The van der Waals surface area contributed by atoms with Gasteiger partial charge in [-0.2, -0.15) is 0 Å². The molecule has 0 spiro atoms. The van der Waals surface area contributed by atoms with E-state index in [1.54, 1.807) is 0 Å². The Morgan fingerprint density at radius 2 is 1.78 bits per heavy atom. The van der Waals surface area contributed by atoms with E-state index in [1.165, 1.54) is 54.8 Å². The highest BCUT2D eigenvalue weighted by Gasteiger charge is 2.22. The van der Waals surface area contributed by atoms with Crippen LogP contribution >= 0.6 is 0 Å². The van der Waals surface area contributed by atoms with E-state index in [0.29, 0.717) is 0 Å². The molecule has 3 heterocycles. The second-order valence-electron chi connectivity index (χ2n) is 6.79. The maximum Gasteiger partial charge on any atom is 0.224 e. The zero-order valence-electron chi connectivity index (χ0n) is 13.9. The first-order valence-corrected chi connectivity index (χ1v) is 8.12. The SMILES string of the molecule is Cc1cc2c(C)cn3c4cccc5cc[n+](C)c(c(c1C)c23)c54. The molecule has 0 saturated heterocycles. The Bertz CT molecular complexity index is 1240. The van der Waals surface area contributed by atoms with Crippen molar-refractivity contribution >= 4 is 38.1 Å². The molecule has 2 aromatic carbocycles. The van der Waals surface area contributed by atoms with Crippen LogP contribution in [0.2, 0.25) is 0 Å². The second-order valence-corrected chi connectivity index (χ2v) is 6.79. The number of fused-ring (bicyclic) bond motifs is 2. The predicted molar refractivity (Wildman–Crippen MR) is 96.5 cm³/mol. The van der Waals surface area contributed by atoms with Crippen molar-refractivity contribution in [1.29, 1.82) is 0 Å². The maximum atomic E-state index is 2.39. The topological polar surface area (TPSA) is 8.29 Å². The second kappa shape index (κ2) is 4.02. The number of pyridine rings is 2. The van der Waals surface area contributed by atoms with Gasteiger partial charge in [0.1, 0.15) is 7.05 Å². The van der Waals surface area contributed by atoms with Crippen LogP contribution in [0.3, 0.4) is 0 Å². The molecular weight excluding hydrogens is 280 g/mol. The van der Waals surface area contributed by atoms with Gasteiger partial charge in [0.25, 0.3) is 0 Å². The Morgan fingerprint density at radius 3 is 2.61 bits per heavy atom. The molecule has 0 radical (unpaired) electrons. The molecule has 5 rings (SSSR count). The molecule has 0 fully saturated rings. The standard InChI is InChI=1S/C21H19N2/c1-12-10-16-13(2)11-23-17-7-5-6-15-8-9-22(4)21(19(15)17)18(14(12)3)20(16)23/h5-11H,1-4H3/q+1. The fraction of sp³-hybridized carbons (Fsp3) is 0.190. The third kappa shape index (κ3) is 1.41. The summed E-state index contributed by atoms with van der Waals surface area (Å²) < 4.78 is 4.67. The van der Waals surface area contributed by atoms with Crippen molar-refractivity contribution in [2.24, 2.45) is 7.05 Å². The maximum absolute atomic E-state index is 2.39. The first-order valence-electron chi connectivity index (χ1n) is 8.12. The van der Waals surface area contributed by atoms with Crippen LogP contribution < -0.4 is 4.57 Å². The first-order chi connectivity index (χ1) is 11.1. The number of hydrogen-bond acceptors (Lipinski definition) is 0. The van der Waals surface area contributed by atoms with Crippen molar-refractivity contribution in [2.75, 3.05) is 0 Å². The van der Waals surface area contributed by atoms with E-state index < -0.39 is 0 Å². The lowest BCUT2D eigenvalue weighted by Gasteiger charge is -2.13. The normalized spacial score (nSPS) is 12.3. The molecule has 0 aliphatic rings. The summed E-state index contributed by atoms with van der Waals surface area (Å²) in [5, 5.41) is 5.42. The summed E-state index contributed by atoms with van der Waals surface area (Å²) in [4.78, 5) is 0. The van der Waals surface area contributed by atoms with Crippen molar-refractivity contribution in [1.82, 2.24) is 4.40 Å². The Kier molecular flexibility index (Phi) is 2.25. The van der Waals surface area contributed by atoms with Crippen LogP contribution in [0.15, 0.2) is 42.7 Å². The minimum absolute atomic E-state index is 1.29. The van der Waals surface area contributed by atoms with E-state index in [1.807, 2.05) is 0 Å². The van der Waals surface area contributed by atoms with Crippen molar-refractivity contribution in [3.63, 3.8) is 0 Å². The summed E-state index contributed by atoms with van der Waals surface area (Å²) in [6.07, 6.45) is 4.47. The van der Waals surface area contributed by atoms with E-state index in [2.05, 4.69) is 79.5 Å². The highest BCUT2D eigenvalue weighted by atomic mass is 14.9. The number of benzene rings is 2. The van der Waals surface area contributed by atoms with Crippen molar-refractivity contribution in [3.05, 3.63) is 59.4 Å². The largest absolute Gasteiger partial charge is 0.315 e. The highest BCUT2D eigenvalue weighted by Crippen LogP contribution is 2.38. The molecule has 5 aromatic rings. The molecule has 0 aliphatic heterocycles. The number of aromatic nitrogens is 2. The van der Waals surface area contributed by atoms with Gasteiger partial charge in [-0.15, -0.1) is 0 Å². The van der Waals surface area contributed by atoms with Gasteiger partial charge in [0.2, 0.25) is 5.52 Å². The first kappa shape index (κ1) is 12.9. The molecule has 0 amide bonds. The predicted octanol–water partition coefficient (Wildman–Crippen LogP) is 4.59. The molecule has 0 unspecified atom stereocenters. The monoisotopic (exact) mass is 299 g/mol. The van der Waals surface area contributed by atoms with E-state index >= 15 is 0 Å². The number of rotatable bonds is 0. The minimum atomic E-state index is 1.29. The molecule has 23 heavy (non-hydrogen) atoms. The highest BCUT2D eigenvalue weighted by molar-refractivity contribution is 6.20. The van der Waals surface area contributed by atoms with Gasteiger partial charge < -0.3 is 4.40 Å². The Hall–Kier alpha value is -2.61. The quantitative estimate of drug-likeness (QED) is 0.225.